The number of para-hydroxylation sites is 1. The molecule has 0 aromatic heterocycles. The van der Waals surface area contributed by atoms with Crippen molar-refractivity contribution < 1.29 is 23.9 Å². The van der Waals surface area contributed by atoms with Gasteiger partial charge in [0.2, 0.25) is 5.91 Å². The minimum absolute atomic E-state index is 0.149. The topological polar surface area (TPSA) is 88.2 Å². The summed E-state index contributed by atoms with van der Waals surface area (Å²) in [5.41, 5.74) is 2.06. The SMILES string of the molecule is CCOc1ccc(NC(=O)C[C@@H]2C(=O)N(c3ccccc3)C(=O)N2CCc2ccc(OC)cc2)cc1. The first-order valence-electron chi connectivity index (χ1n) is 11.9. The predicted molar refractivity (Wildman–Crippen MR) is 137 cm³/mol. The van der Waals surface area contributed by atoms with Crippen molar-refractivity contribution in [1.29, 1.82) is 0 Å². The van der Waals surface area contributed by atoms with Crippen LogP contribution < -0.4 is 19.7 Å². The number of hydrogen-bond acceptors (Lipinski definition) is 5. The molecule has 0 saturated carbocycles. The third-order valence-corrected chi connectivity index (χ3v) is 5.96. The van der Waals surface area contributed by atoms with Crippen molar-refractivity contribution in [3.8, 4) is 11.5 Å². The van der Waals surface area contributed by atoms with Gasteiger partial charge < -0.3 is 19.7 Å². The third kappa shape index (κ3) is 5.66. The molecule has 8 heteroatoms. The molecule has 8 nitrogen and oxygen atoms in total. The largest absolute Gasteiger partial charge is 0.497 e. The van der Waals surface area contributed by atoms with E-state index in [9.17, 15) is 14.4 Å². The summed E-state index contributed by atoms with van der Waals surface area (Å²) in [6.45, 7) is 2.74. The number of carbonyl (C=O) groups excluding carboxylic acids is 3. The molecule has 3 aromatic rings. The third-order valence-electron chi connectivity index (χ3n) is 5.96. The minimum Gasteiger partial charge on any atom is -0.497 e. The number of ether oxygens (including phenoxy) is 2. The van der Waals surface area contributed by atoms with E-state index in [2.05, 4.69) is 5.32 Å². The summed E-state index contributed by atoms with van der Waals surface area (Å²) >= 11 is 0. The number of anilines is 2. The van der Waals surface area contributed by atoms with Crippen LogP contribution in [0.2, 0.25) is 0 Å². The molecule has 1 fully saturated rings. The summed E-state index contributed by atoms with van der Waals surface area (Å²) in [6.07, 6.45) is 0.381. The Kier molecular flexibility index (Phi) is 7.85. The zero-order valence-electron chi connectivity index (χ0n) is 20.3. The Morgan fingerprint density at radius 3 is 2.22 bits per heavy atom. The van der Waals surface area contributed by atoms with Gasteiger partial charge in [-0.15, -0.1) is 0 Å². The number of amides is 4. The van der Waals surface area contributed by atoms with Gasteiger partial charge in [-0.2, -0.15) is 0 Å². The lowest BCUT2D eigenvalue weighted by Crippen LogP contribution is -2.39. The Morgan fingerprint density at radius 2 is 1.58 bits per heavy atom. The van der Waals surface area contributed by atoms with Gasteiger partial charge in [-0.3, -0.25) is 9.59 Å². The Bertz CT molecular complexity index is 1200. The van der Waals surface area contributed by atoms with Crippen LogP contribution in [0.4, 0.5) is 16.2 Å². The van der Waals surface area contributed by atoms with Gasteiger partial charge in [0.1, 0.15) is 17.5 Å². The van der Waals surface area contributed by atoms with Gasteiger partial charge in [0.05, 0.1) is 25.8 Å². The average Bonchev–Trinajstić information content (AvgIpc) is 3.13. The number of imide groups is 1. The van der Waals surface area contributed by atoms with E-state index in [-0.39, 0.29) is 12.3 Å². The molecule has 0 bridgehead atoms. The van der Waals surface area contributed by atoms with Gasteiger partial charge in [0, 0.05) is 12.2 Å². The van der Waals surface area contributed by atoms with E-state index in [0.29, 0.717) is 36.7 Å². The number of urea groups is 1. The van der Waals surface area contributed by atoms with Crippen LogP contribution in [0.25, 0.3) is 0 Å². The van der Waals surface area contributed by atoms with Crippen molar-refractivity contribution in [2.24, 2.45) is 0 Å². The maximum absolute atomic E-state index is 13.4. The molecule has 0 radical (unpaired) electrons. The Morgan fingerprint density at radius 1 is 0.917 bits per heavy atom. The van der Waals surface area contributed by atoms with E-state index in [1.165, 1.54) is 4.90 Å². The highest BCUT2D eigenvalue weighted by Gasteiger charge is 2.46. The van der Waals surface area contributed by atoms with Crippen molar-refractivity contribution in [1.82, 2.24) is 4.90 Å². The molecule has 36 heavy (non-hydrogen) atoms. The van der Waals surface area contributed by atoms with E-state index < -0.39 is 18.0 Å². The molecule has 1 aliphatic rings. The number of carbonyl (C=O) groups is 3. The first kappa shape index (κ1) is 24.8. The number of nitrogens with one attached hydrogen (secondary N) is 1. The summed E-state index contributed by atoms with van der Waals surface area (Å²) in [6, 6.07) is 22.0. The van der Waals surface area contributed by atoms with Gasteiger partial charge in [0.15, 0.2) is 0 Å². The van der Waals surface area contributed by atoms with Crippen LogP contribution in [-0.2, 0) is 16.0 Å². The normalized spacial score (nSPS) is 15.2. The molecular weight excluding hydrogens is 458 g/mol. The van der Waals surface area contributed by atoms with Crippen LogP contribution in [0.15, 0.2) is 78.9 Å². The average molecular weight is 488 g/mol. The zero-order valence-corrected chi connectivity index (χ0v) is 20.3. The second-order valence-corrected chi connectivity index (χ2v) is 8.31. The van der Waals surface area contributed by atoms with Crippen molar-refractivity contribution in [2.75, 3.05) is 30.5 Å². The molecule has 1 atom stereocenters. The lowest BCUT2D eigenvalue weighted by atomic mass is 10.1. The maximum Gasteiger partial charge on any atom is 0.332 e. The smallest absolute Gasteiger partial charge is 0.332 e. The van der Waals surface area contributed by atoms with E-state index >= 15 is 0 Å². The lowest BCUT2D eigenvalue weighted by molar-refractivity contribution is -0.124. The van der Waals surface area contributed by atoms with E-state index in [0.717, 1.165) is 16.2 Å². The second-order valence-electron chi connectivity index (χ2n) is 8.31. The molecule has 1 N–H and O–H groups in total. The fourth-order valence-corrected chi connectivity index (χ4v) is 4.13. The molecule has 1 heterocycles. The van der Waals surface area contributed by atoms with Gasteiger partial charge in [0.25, 0.3) is 5.91 Å². The van der Waals surface area contributed by atoms with Crippen molar-refractivity contribution in [2.45, 2.75) is 25.8 Å². The van der Waals surface area contributed by atoms with Crippen molar-refractivity contribution >= 4 is 29.2 Å². The lowest BCUT2D eigenvalue weighted by Gasteiger charge is -2.21. The predicted octanol–water partition coefficient (Wildman–Crippen LogP) is 4.50. The molecule has 0 spiro atoms. The van der Waals surface area contributed by atoms with Gasteiger partial charge in [-0.05, 0) is 67.4 Å². The van der Waals surface area contributed by atoms with E-state index in [1.54, 1.807) is 55.6 Å². The zero-order chi connectivity index (χ0) is 25.5. The Balaban J connectivity index is 1.50. The van der Waals surface area contributed by atoms with E-state index in [4.69, 9.17) is 9.47 Å². The number of methoxy groups -OCH3 is 1. The van der Waals surface area contributed by atoms with Crippen LogP contribution in [0.1, 0.15) is 18.9 Å². The number of benzene rings is 3. The van der Waals surface area contributed by atoms with Crippen LogP contribution in [0.3, 0.4) is 0 Å². The summed E-state index contributed by atoms with van der Waals surface area (Å²) in [4.78, 5) is 42.3. The molecule has 0 unspecified atom stereocenters. The number of nitrogens with zero attached hydrogens (tertiary/aromatic N) is 2. The standard InChI is InChI=1S/C28H29N3O5/c1-3-36-24-15-11-21(12-16-24)29-26(32)19-25-27(33)31(22-7-5-4-6-8-22)28(34)30(25)18-17-20-9-13-23(35-2)14-10-20/h4-16,25H,3,17-19H2,1-2H3,(H,29,32)/t25-/m1/s1. The highest BCUT2D eigenvalue weighted by molar-refractivity contribution is 6.22. The van der Waals surface area contributed by atoms with E-state index in [1.807, 2.05) is 37.3 Å². The molecule has 1 aliphatic heterocycles. The molecule has 186 valence electrons. The van der Waals surface area contributed by atoms with Gasteiger partial charge in [-0.1, -0.05) is 30.3 Å². The highest BCUT2D eigenvalue weighted by Crippen LogP contribution is 2.27. The molecule has 1 saturated heterocycles. The first-order valence-corrected chi connectivity index (χ1v) is 11.9. The number of rotatable bonds is 10. The minimum atomic E-state index is -0.904. The summed E-state index contributed by atoms with van der Waals surface area (Å²) in [7, 11) is 1.60. The Labute approximate surface area is 210 Å². The monoisotopic (exact) mass is 487 g/mol. The fourth-order valence-electron chi connectivity index (χ4n) is 4.13. The second kappa shape index (κ2) is 11.4. The van der Waals surface area contributed by atoms with Crippen LogP contribution >= 0.6 is 0 Å². The fraction of sp³-hybridized carbons (Fsp3) is 0.250. The summed E-state index contributed by atoms with van der Waals surface area (Å²) < 4.78 is 10.6. The molecule has 4 rings (SSSR count). The summed E-state index contributed by atoms with van der Waals surface area (Å²) in [5, 5.41) is 2.82. The molecule has 4 amide bonds. The van der Waals surface area contributed by atoms with Gasteiger partial charge >= 0.3 is 6.03 Å². The highest BCUT2D eigenvalue weighted by atomic mass is 16.5. The van der Waals surface area contributed by atoms with Crippen LogP contribution in [0, 0.1) is 0 Å². The quantitative estimate of drug-likeness (QED) is 0.426. The van der Waals surface area contributed by atoms with Crippen molar-refractivity contribution in [3.63, 3.8) is 0 Å². The van der Waals surface area contributed by atoms with Crippen molar-refractivity contribution in [3.05, 3.63) is 84.4 Å². The van der Waals surface area contributed by atoms with Gasteiger partial charge in [-0.25, -0.2) is 9.69 Å². The molecule has 0 aliphatic carbocycles. The maximum atomic E-state index is 13.4. The van der Waals surface area contributed by atoms with Crippen LogP contribution in [-0.4, -0.2) is 49.0 Å². The first-order chi connectivity index (χ1) is 17.5. The van der Waals surface area contributed by atoms with Crippen LogP contribution in [0.5, 0.6) is 11.5 Å². The molecular formula is C28H29N3O5. The Hall–Kier alpha value is -4.33. The summed E-state index contributed by atoms with van der Waals surface area (Å²) in [5.74, 6) is 0.679. The number of hydrogen-bond donors (Lipinski definition) is 1. The molecule has 3 aromatic carbocycles.